The Balaban J connectivity index is 1.94. The molecule has 0 atom stereocenters. The summed E-state index contributed by atoms with van der Waals surface area (Å²) in [6.45, 7) is 4.98. The molecule has 0 bridgehead atoms. The van der Waals surface area contributed by atoms with E-state index in [9.17, 15) is 4.79 Å². The summed E-state index contributed by atoms with van der Waals surface area (Å²) in [4.78, 5) is 11.1. The average Bonchev–Trinajstić information content (AvgIpc) is 1.95. The van der Waals surface area contributed by atoms with Gasteiger partial charge in [0.15, 0.2) is 0 Å². The molecule has 4 heteroatoms. The zero-order chi connectivity index (χ0) is 8.81. The van der Waals surface area contributed by atoms with E-state index in [1.807, 2.05) is 6.92 Å². The lowest BCUT2D eigenvalue weighted by atomic mass is 10.0. The fraction of sp³-hybridized carbons (Fsp3) is 0.875. The molecular formula is C8H15NO3. The van der Waals surface area contributed by atoms with Gasteiger partial charge in [0.05, 0.1) is 12.5 Å². The van der Waals surface area contributed by atoms with Gasteiger partial charge in [-0.1, -0.05) is 0 Å². The van der Waals surface area contributed by atoms with Crippen LogP contribution in [0.15, 0.2) is 0 Å². The van der Waals surface area contributed by atoms with Gasteiger partial charge in [0.2, 0.25) is 0 Å². The summed E-state index contributed by atoms with van der Waals surface area (Å²) in [6, 6.07) is 0. The number of rotatable bonds is 5. The van der Waals surface area contributed by atoms with E-state index in [2.05, 4.69) is 5.32 Å². The van der Waals surface area contributed by atoms with Crippen LogP contribution in [0.5, 0.6) is 0 Å². The van der Waals surface area contributed by atoms with E-state index >= 15 is 0 Å². The molecule has 1 rings (SSSR count). The predicted molar refractivity (Wildman–Crippen MR) is 43.8 cm³/mol. The molecule has 70 valence electrons. The van der Waals surface area contributed by atoms with Crippen LogP contribution in [0.25, 0.3) is 0 Å². The van der Waals surface area contributed by atoms with Crippen molar-refractivity contribution in [1.29, 1.82) is 0 Å². The van der Waals surface area contributed by atoms with E-state index in [0.717, 1.165) is 13.1 Å². The first-order valence-corrected chi connectivity index (χ1v) is 4.29. The zero-order valence-corrected chi connectivity index (χ0v) is 7.34. The lowest BCUT2D eigenvalue weighted by molar-refractivity contribution is -0.151. The van der Waals surface area contributed by atoms with Gasteiger partial charge in [-0.2, -0.15) is 0 Å². The minimum Gasteiger partial charge on any atom is -0.463 e. The molecule has 1 heterocycles. The summed E-state index contributed by atoms with van der Waals surface area (Å²) >= 11 is 0. The van der Waals surface area contributed by atoms with E-state index < -0.39 is 0 Å². The maximum Gasteiger partial charge on any atom is 0.311 e. The maximum absolute atomic E-state index is 11.1. The van der Waals surface area contributed by atoms with Crippen molar-refractivity contribution in [2.45, 2.75) is 6.92 Å². The Bertz CT molecular complexity index is 145. The summed E-state index contributed by atoms with van der Waals surface area (Å²) in [7, 11) is 0. The monoisotopic (exact) mass is 173 g/mol. The number of nitrogens with one attached hydrogen (secondary N) is 1. The van der Waals surface area contributed by atoms with Gasteiger partial charge in [0, 0.05) is 19.7 Å². The third-order valence-electron chi connectivity index (χ3n) is 1.79. The number of hydrogen-bond donors (Lipinski definition) is 1. The predicted octanol–water partition coefficient (Wildman–Crippen LogP) is -0.215. The lowest BCUT2D eigenvalue weighted by Gasteiger charge is -2.24. The van der Waals surface area contributed by atoms with Crippen LogP contribution in [0.4, 0.5) is 0 Å². The van der Waals surface area contributed by atoms with E-state index in [4.69, 9.17) is 9.47 Å². The Kier molecular flexibility index (Phi) is 4.04. The molecule has 0 spiro atoms. The number of carbonyl (C=O) groups excluding carboxylic acids is 1. The molecule has 0 radical (unpaired) electrons. The highest BCUT2D eigenvalue weighted by Crippen LogP contribution is 2.04. The number of carbonyl (C=O) groups is 1. The molecule has 1 fully saturated rings. The smallest absolute Gasteiger partial charge is 0.311 e. The van der Waals surface area contributed by atoms with Crippen LogP contribution in [0.2, 0.25) is 0 Å². The van der Waals surface area contributed by atoms with Gasteiger partial charge in [0.25, 0.3) is 0 Å². The van der Waals surface area contributed by atoms with Gasteiger partial charge < -0.3 is 14.8 Å². The van der Waals surface area contributed by atoms with Gasteiger partial charge >= 0.3 is 5.97 Å². The minimum atomic E-state index is -0.103. The first-order chi connectivity index (χ1) is 5.84. The van der Waals surface area contributed by atoms with Crippen LogP contribution < -0.4 is 5.32 Å². The second-order valence-corrected chi connectivity index (χ2v) is 2.72. The number of ether oxygens (including phenoxy) is 2. The van der Waals surface area contributed by atoms with Crippen LogP contribution in [0.3, 0.4) is 0 Å². The first-order valence-electron chi connectivity index (χ1n) is 4.29. The summed E-state index contributed by atoms with van der Waals surface area (Å²) < 4.78 is 9.97. The number of esters is 1. The molecule has 0 aromatic carbocycles. The molecule has 4 nitrogen and oxygen atoms in total. The van der Waals surface area contributed by atoms with Crippen LogP contribution in [0.1, 0.15) is 6.92 Å². The highest BCUT2D eigenvalue weighted by atomic mass is 16.6. The van der Waals surface area contributed by atoms with Crippen molar-refractivity contribution in [2.24, 2.45) is 5.92 Å². The fourth-order valence-corrected chi connectivity index (χ4v) is 0.919. The van der Waals surface area contributed by atoms with Crippen molar-refractivity contribution in [3.8, 4) is 0 Å². The Labute approximate surface area is 72.2 Å². The molecule has 1 N–H and O–H groups in total. The SMILES string of the molecule is CCOCCOC(=O)C1CNC1. The van der Waals surface area contributed by atoms with Gasteiger partial charge in [-0.05, 0) is 6.92 Å². The molecule has 12 heavy (non-hydrogen) atoms. The molecule has 0 amide bonds. The average molecular weight is 173 g/mol. The second kappa shape index (κ2) is 5.11. The molecule has 0 aromatic rings. The van der Waals surface area contributed by atoms with Crippen LogP contribution in [-0.2, 0) is 14.3 Å². The summed E-state index contributed by atoms with van der Waals surface area (Å²) in [5, 5.41) is 3.01. The normalized spacial score (nSPS) is 17.1. The third kappa shape index (κ3) is 2.79. The van der Waals surface area contributed by atoms with E-state index in [0.29, 0.717) is 19.8 Å². The van der Waals surface area contributed by atoms with Crippen molar-refractivity contribution < 1.29 is 14.3 Å². The maximum atomic E-state index is 11.1. The van der Waals surface area contributed by atoms with Crippen molar-refractivity contribution in [3.63, 3.8) is 0 Å². The molecule has 1 aliphatic rings. The van der Waals surface area contributed by atoms with Crippen molar-refractivity contribution in [2.75, 3.05) is 32.9 Å². The van der Waals surface area contributed by atoms with Crippen LogP contribution in [0, 0.1) is 5.92 Å². The Morgan fingerprint density at radius 3 is 2.75 bits per heavy atom. The molecule has 0 saturated carbocycles. The molecule has 1 saturated heterocycles. The van der Waals surface area contributed by atoms with Crippen molar-refractivity contribution in [1.82, 2.24) is 5.32 Å². The van der Waals surface area contributed by atoms with Gasteiger partial charge in [-0.15, -0.1) is 0 Å². The van der Waals surface area contributed by atoms with Gasteiger partial charge in [-0.3, -0.25) is 4.79 Å². The van der Waals surface area contributed by atoms with Crippen LogP contribution >= 0.6 is 0 Å². The molecular weight excluding hydrogens is 158 g/mol. The highest BCUT2D eigenvalue weighted by molar-refractivity contribution is 5.73. The van der Waals surface area contributed by atoms with E-state index in [1.54, 1.807) is 0 Å². The first kappa shape index (κ1) is 9.48. The second-order valence-electron chi connectivity index (χ2n) is 2.72. The largest absolute Gasteiger partial charge is 0.463 e. The molecule has 1 aliphatic heterocycles. The standard InChI is InChI=1S/C8H15NO3/c1-2-11-3-4-12-8(10)7-5-9-6-7/h7,9H,2-6H2,1H3. The Morgan fingerprint density at radius 2 is 2.25 bits per heavy atom. The van der Waals surface area contributed by atoms with E-state index in [1.165, 1.54) is 0 Å². The van der Waals surface area contributed by atoms with Crippen LogP contribution in [-0.4, -0.2) is 38.9 Å². The molecule has 0 aromatic heterocycles. The molecule has 0 unspecified atom stereocenters. The number of hydrogen-bond acceptors (Lipinski definition) is 4. The lowest BCUT2D eigenvalue weighted by Crippen LogP contribution is -2.47. The summed E-state index contributed by atoms with van der Waals surface area (Å²) in [6.07, 6.45) is 0. The van der Waals surface area contributed by atoms with Gasteiger partial charge in [-0.25, -0.2) is 0 Å². The zero-order valence-electron chi connectivity index (χ0n) is 7.34. The van der Waals surface area contributed by atoms with Crippen molar-refractivity contribution in [3.05, 3.63) is 0 Å². The molecule has 0 aliphatic carbocycles. The summed E-state index contributed by atoms with van der Waals surface area (Å²) in [5.41, 5.74) is 0. The Hall–Kier alpha value is -0.610. The highest BCUT2D eigenvalue weighted by Gasteiger charge is 2.25. The van der Waals surface area contributed by atoms with Crippen molar-refractivity contribution >= 4 is 5.97 Å². The fourth-order valence-electron chi connectivity index (χ4n) is 0.919. The Morgan fingerprint density at radius 1 is 1.50 bits per heavy atom. The van der Waals surface area contributed by atoms with Gasteiger partial charge in [0.1, 0.15) is 6.61 Å². The third-order valence-corrected chi connectivity index (χ3v) is 1.79. The van der Waals surface area contributed by atoms with E-state index in [-0.39, 0.29) is 11.9 Å². The topological polar surface area (TPSA) is 47.6 Å². The quantitative estimate of drug-likeness (QED) is 0.461. The minimum absolute atomic E-state index is 0.0756. The summed E-state index contributed by atoms with van der Waals surface area (Å²) in [5.74, 6) is -0.0277.